The molecule has 0 aromatic carbocycles. The molecule has 1 aliphatic rings. The van der Waals surface area contributed by atoms with Crippen molar-refractivity contribution in [1.82, 2.24) is 15.1 Å². The molecule has 0 spiro atoms. The van der Waals surface area contributed by atoms with Crippen LogP contribution in [0.2, 0.25) is 0 Å². The third kappa shape index (κ3) is 1.84. The third-order valence-electron chi connectivity index (χ3n) is 3.25. The molecule has 1 aromatic heterocycles. The zero-order valence-corrected chi connectivity index (χ0v) is 11.4. The highest BCUT2D eigenvalue weighted by atomic mass is 79.9. The smallest absolute Gasteiger partial charge is 0.150 e. The van der Waals surface area contributed by atoms with Crippen molar-refractivity contribution in [3.05, 3.63) is 17.5 Å². The number of nitrogen functional groups attached to an aromatic ring is 1. The normalized spacial score (nSPS) is 17.3. The lowest BCUT2D eigenvalue weighted by molar-refractivity contribution is 0.229. The molecular formula is C11H17BrN4. The first-order valence-electron chi connectivity index (χ1n) is 5.47. The molecule has 0 saturated carbocycles. The van der Waals surface area contributed by atoms with Crippen LogP contribution >= 0.6 is 15.9 Å². The number of hydrogen-bond donors (Lipinski definition) is 2. The van der Waals surface area contributed by atoms with E-state index in [9.17, 15) is 0 Å². The average molecular weight is 285 g/mol. The van der Waals surface area contributed by atoms with E-state index in [0.29, 0.717) is 17.8 Å². The largest absolute Gasteiger partial charge is 0.382 e. The minimum absolute atomic E-state index is 0.481. The molecule has 0 saturated heterocycles. The first-order valence-corrected chi connectivity index (χ1v) is 6.26. The molecule has 0 bridgehead atoms. The number of halogens is 1. The number of hydrogen-bond acceptors (Lipinski definition) is 3. The Morgan fingerprint density at radius 2 is 2.19 bits per heavy atom. The van der Waals surface area contributed by atoms with Crippen LogP contribution in [0.25, 0.3) is 4.48 Å². The Bertz CT molecular complexity index is 422. The van der Waals surface area contributed by atoms with Gasteiger partial charge in [0.1, 0.15) is 0 Å². The Kier molecular flexibility index (Phi) is 2.97. The second kappa shape index (κ2) is 4.13. The van der Waals surface area contributed by atoms with Crippen LogP contribution in [0.15, 0.2) is 6.20 Å². The van der Waals surface area contributed by atoms with Crippen LogP contribution in [0.1, 0.15) is 32.0 Å². The molecular weight excluding hydrogens is 268 g/mol. The van der Waals surface area contributed by atoms with Crippen molar-refractivity contribution in [2.45, 2.75) is 33.4 Å². The van der Waals surface area contributed by atoms with E-state index in [4.69, 9.17) is 5.73 Å². The van der Waals surface area contributed by atoms with E-state index in [0.717, 1.165) is 22.3 Å². The molecule has 1 atom stereocenters. The third-order valence-corrected chi connectivity index (χ3v) is 3.85. The van der Waals surface area contributed by atoms with Gasteiger partial charge in [0.2, 0.25) is 0 Å². The average Bonchev–Trinajstić information content (AvgIpc) is 2.60. The highest BCUT2D eigenvalue weighted by molar-refractivity contribution is 9.15. The molecule has 2 rings (SSSR count). The molecule has 1 aliphatic heterocycles. The van der Waals surface area contributed by atoms with Crippen LogP contribution in [0.3, 0.4) is 0 Å². The Hall–Kier alpha value is -0.970. The zero-order valence-electron chi connectivity index (χ0n) is 9.79. The molecule has 5 heteroatoms. The van der Waals surface area contributed by atoms with Crippen molar-refractivity contribution >= 4 is 26.2 Å². The monoisotopic (exact) mass is 284 g/mol. The molecule has 3 N–H and O–H groups in total. The summed E-state index contributed by atoms with van der Waals surface area (Å²) in [5.74, 6) is 1.20. The number of aromatic amines is 1. The Morgan fingerprint density at radius 1 is 1.50 bits per heavy atom. The number of nitrogens with zero attached hydrogens (tertiary/aromatic N) is 2. The van der Waals surface area contributed by atoms with Gasteiger partial charge < -0.3 is 10.6 Å². The SMILES string of the molecule is CC(C)[C@@H](C)N1C=C(Br)c2[nH]nc(N)c2C1. The zero-order chi connectivity index (χ0) is 11.9. The fourth-order valence-corrected chi connectivity index (χ4v) is 2.41. The first-order chi connectivity index (χ1) is 7.50. The van der Waals surface area contributed by atoms with Gasteiger partial charge in [-0.2, -0.15) is 5.10 Å². The van der Waals surface area contributed by atoms with E-state index < -0.39 is 0 Å². The van der Waals surface area contributed by atoms with Gasteiger partial charge in [-0.25, -0.2) is 0 Å². The maximum atomic E-state index is 5.84. The van der Waals surface area contributed by atoms with Crippen molar-refractivity contribution in [2.24, 2.45) is 5.92 Å². The van der Waals surface area contributed by atoms with Crippen LogP contribution in [-0.4, -0.2) is 21.1 Å². The summed E-state index contributed by atoms with van der Waals surface area (Å²) >= 11 is 3.55. The Balaban J connectivity index is 2.31. The van der Waals surface area contributed by atoms with Crippen LogP contribution in [0.5, 0.6) is 0 Å². The molecule has 4 nitrogen and oxygen atoms in total. The van der Waals surface area contributed by atoms with Gasteiger partial charge >= 0.3 is 0 Å². The van der Waals surface area contributed by atoms with Gasteiger partial charge in [-0.1, -0.05) is 13.8 Å². The van der Waals surface area contributed by atoms with E-state index >= 15 is 0 Å². The molecule has 1 aromatic rings. The number of aromatic nitrogens is 2. The first kappa shape index (κ1) is 11.5. The van der Waals surface area contributed by atoms with E-state index in [-0.39, 0.29) is 0 Å². The van der Waals surface area contributed by atoms with Crippen molar-refractivity contribution in [1.29, 1.82) is 0 Å². The fourth-order valence-electron chi connectivity index (χ4n) is 1.82. The van der Waals surface area contributed by atoms with Gasteiger partial charge in [-0.15, -0.1) is 0 Å². The number of fused-ring (bicyclic) bond motifs is 1. The molecule has 2 heterocycles. The van der Waals surface area contributed by atoms with Crippen LogP contribution in [-0.2, 0) is 6.54 Å². The van der Waals surface area contributed by atoms with Crippen molar-refractivity contribution in [2.75, 3.05) is 5.73 Å². The number of nitrogens with one attached hydrogen (secondary N) is 1. The Morgan fingerprint density at radius 3 is 2.81 bits per heavy atom. The predicted octanol–water partition coefficient (Wildman–Crippen LogP) is 2.55. The predicted molar refractivity (Wildman–Crippen MR) is 69.7 cm³/mol. The highest BCUT2D eigenvalue weighted by Crippen LogP contribution is 2.33. The topological polar surface area (TPSA) is 57.9 Å². The molecule has 16 heavy (non-hydrogen) atoms. The van der Waals surface area contributed by atoms with Gasteiger partial charge in [-0.05, 0) is 28.8 Å². The van der Waals surface area contributed by atoms with Crippen molar-refractivity contribution in [3.8, 4) is 0 Å². The molecule has 0 fully saturated rings. The number of anilines is 1. The summed E-state index contributed by atoms with van der Waals surface area (Å²) in [4.78, 5) is 2.29. The number of nitrogens with two attached hydrogens (primary N) is 1. The lowest BCUT2D eigenvalue weighted by atomic mass is 10.0. The Labute approximate surface area is 104 Å². The second-order valence-electron chi connectivity index (χ2n) is 4.60. The second-order valence-corrected chi connectivity index (χ2v) is 5.45. The fraction of sp³-hybridized carbons (Fsp3) is 0.545. The standard InChI is InChI=1S/C11H17BrN4/c1-6(2)7(3)16-4-8-10(9(12)5-16)14-15-11(8)13/h5-7H,4H2,1-3H3,(H3,13,14,15)/t7-/m1/s1. The van der Waals surface area contributed by atoms with E-state index in [2.05, 4.69) is 58.0 Å². The summed E-state index contributed by atoms with van der Waals surface area (Å²) in [6.07, 6.45) is 2.12. The van der Waals surface area contributed by atoms with Gasteiger partial charge in [0, 0.05) is 24.4 Å². The lowest BCUT2D eigenvalue weighted by Crippen LogP contribution is -2.33. The van der Waals surface area contributed by atoms with Gasteiger partial charge in [0.25, 0.3) is 0 Å². The molecule has 0 radical (unpaired) electrons. The van der Waals surface area contributed by atoms with Crippen molar-refractivity contribution in [3.63, 3.8) is 0 Å². The number of rotatable bonds is 2. The molecule has 0 unspecified atom stereocenters. The summed E-state index contributed by atoms with van der Waals surface area (Å²) in [6, 6.07) is 0.481. The van der Waals surface area contributed by atoms with Crippen LogP contribution in [0, 0.1) is 5.92 Å². The van der Waals surface area contributed by atoms with Gasteiger partial charge in [0.15, 0.2) is 5.82 Å². The van der Waals surface area contributed by atoms with E-state index in [1.54, 1.807) is 0 Å². The van der Waals surface area contributed by atoms with Gasteiger partial charge in [0.05, 0.1) is 10.2 Å². The maximum absolute atomic E-state index is 5.84. The summed E-state index contributed by atoms with van der Waals surface area (Å²) in [6.45, 7) is 7.50. The van der Waals surface area contributed by atoms with E-state index in [1.807, 2.05) is 0 Å². The lowest BCUT2D eigenvalue weighted by Gasteiger charge is -2.33. The minimum atomic E-state index is 0.481. The summed E-state index contributed by atoms with van der Waals surface area (Å²) in [5.41, 5.74) is 7.93. The minimum Gasteiger partial charge on any atom is -0.382 e. The van der Waals surface area contributed by atoms with Crippen molar-refractivity contribution < 1.29 is 0 Å². The molecule has 0 amide bonds. The summed E-state index contributed by atoms with van der Waals surface area (Å²) in [7, 11) is 0. The van der Waals surface area contributed by atoms with Gasteiger partial charge in [-0.3, -0.25) is 5.10 Å². The number of H-pyrrole nitrogens is 1. The van der Waals surface area contributed by atoms with Crippen LogP contribution in [0.4, 0.5) is 5.82 Å². The summed E-state index contributed by atoms with van der Waals surface area (Å²) < 4.78 is 1.02. The highest BCUT2D eigenvalue weighted by Gasteiger charge is 2.24. The quantitative estimate of drug-likeness (QED) is 0.878. The van der Waals surface area contributed by atoms with Crippen LogP contribution < -0.4 is 5.73 Å². The molecule has 0 aliphatic carbocycles. The maximum Gasteiger partial charge on any atom is 0.150 e. The van der Waals surface area contributed by atoms with E-state index in [1.165, 1.54) is 0 Å². The summed E-state index contributed by atoms with van der Waals surface area (Å²) in [5, 5.41) is 6.99. The molecule has 88 valence electrons.